The van der Waals surface area contributed by atoms with Gasteiger partial charge in [-0.3, -0.25) is 10.1 Å². The Bertz CT molecular complexity index is 893. The second kappa shape index (κ2) is 7.39. The fraction of sp³-hybridized carbons (Fsp3) is 0. The van der Waals surface area contributed by atoms with Crippen molar-refractivity contribution >= 4 is 43.8 Å². The first kappa shape index (κ1) is 17.9. The molecule has 2 aromatic rings. The molecule has 0 aliphatic rings. The van der Waals surface area contributed by atoms with Gasteiger partial charge in [0.15, 0.2) is 5.75 Å². The minimum atomic E-state index is -0.612. The Morgan fingerprint density at radius 2 is 2.08 bits per heavy atom. The molecule has 8 nitrogen and oxygen atoms in total. The van der Waals surface area contributed by atoms with Crippen LogP contribution in [0.4, 0.5) is 5.69 Å². The van der Waals surface area contributed by atoms with Crippen molar-refractivity contribution in [2.45, 2.75) is 0 Å². The van der Waals surface area contributed by atoms with E-state index in [-0.39, 0.29) is 21.5 Å². The number of nitriles is 1. The maximum absolute atomic E-state index is 10.9. The lowest BCUT2D eigenvalue weighted by Gasteiger charge is -2.14. The van der Waals surface area contributed by atoms with Gasteiger partial charge in [-0.1, -0.05) is 5.16 Å². The molecule has 2 rings (SSSR count). The first-order valence-corrected chi connectivity index (χ1v) is 7.73. The van der Waals surface area contributed by atoms with Gasteiger partial charge in [-0.25, -0.2) is 5.26 Å². The number of nitro benzene ring substituents is 1. The third-order valence-electron chi connectivity index (χ3n) is 3.10. The SMILES string of the molecule is N#Cc1cc([N+](=O)[O-])ccc1-c1c(C=NO)cc(Br)c(OO)c1Br. The third kappa shape index (κ3) is 3.23. The fourth-order valence-corrected chi connectivity index (χ4v) is 3.61. The Morgan fingerprint density at radius 1 is 1.38 bits per heavy atom. The summed E-state index contributed by atoms with van der Waals surface area (Å²) in [7, 11) is 0. The van der Waals surface area contributed by atoms with E-state index in [0.717, 1.165) is 12.3 Å². The molecule has 122 valence electrons. The topological polar surface area (TPSA) is 129 Å². The maximum atomic E-state index is 10.9. The van der Waals surface area contributed by atoms with E-state index >= 15 is 0 Å². The number of hydrogen-bond acceptors (Lipinski definition) is 7. The van der Waals surface area contributed by atoms with E-state index in [2.05, 4.69) is 41.9 Å². The normalized spacial score (nSPS) is 10.6. The van der Waals surface area contributed by atoms with Crippen LogP contribution in [0.2, 0.25) is 0 Å². The van der Waals surface area contributed by atoms with Crippen LogP contribution in [0.15, 0.2) is 38.4 Å². The summed E-state index contributed by atoms with van der Waals surface area (Å²) in [4.78, 5) is 14.6. The summed E-state index contributed by atoms with van der Waals surface area (Å²) in [5, 5.41) is 41.0. The minimum Gasteiger partial charge on any atom is -0.411 e. The van der Waals surface area contributed by atoms with Crippen LogP contribution in [-0.2, 0) is 0 Å². The van der Waals surface area contributed by atoms with Crippen molar-refractivity contribution in [3.05, 3.63) is 54.5 Å². The average Bonchev–Trinajstić information content (AvgIpc) is 2.55. The lowest BCUT2D eigenvalue weighted by Crippen LogP contribution is -1.98. The van der Waals surface area contributed by atoms with Gasteiger partial charge in [0.2, 0.25) is 0 Å². The van der Waals surface area contributed by atoms with Crippen molar-refractivity contribution in [1.29, 1.82) is 5.26 Å². The van der Waals surface area contributed by atoms with Crippen molar-refractivity contribution in [2.75, 3.05) is 0 Å². The van der Waals surface area contributed by atoms with E-state index < -0.39 is 4.92 Å². The number of hydrogen-bond donors (Lipinski definition) is 2. The molecule has 2 aromatic carbocycles. The first-order chi connectivity index (χ1) is 11.4. The number of oxime groups is 1. The Balaban J connectivity index is 2.85. The first-order valence-electron chi connectivity index (χ1n) is 6.14. The molecular formula is C14H7Br2N3O5. The van der Waals surface area contributed by atoms with Gasteiger partial charge in [-0.15, -0.1) is 0 Å². The van der Waals surface area contributed by atoms with E-state index in [1.54, 1.807) is 0 Å². The number of rotatable bonds is 4. The molecular weight excluding hydrogens is 450 g/mol. The zero-order chi connectivity index (χ0) is 17.9. The molecule has 0 saturated carbocycles. The maximum Gasteiger partial charge on any atom is 0.270 e. The smallest absolute Gasteiger partial charge is 0.270 e. The quantitative estimate of drug-likeness (QED) is 0.232. The van der Waals surface area contributed by atoms with E-state index in [9.17, 15) is 15.4 Å². The van der Waals surface area contributed by atoms with Gasteiger partial charge < -0.3 is 10.1 Å². The van der Waals surface area contributed by atoms with Gasteiger partial charge in [0.1, 0.15) is 6.07 Å². The summed E-state index contributed by atoms with van der Waals surface area (Å²) in [5.41, 5.74) is 0.854. The number of nitro groups is 1. The number of nitrogens with zero attached hydrogens (tertiary/aromatic N) is 3. The van der Waals surface area contributed by atoms with Crippen molar-refractivity contribution in [1.82, 2.24) is 0 Å². The van der Waals surface area contributed by atoms with Crippen LogP contribution in [-0.4, -0.2) is 21.6 Å². The highest BCUT2D eigenvalue weighted by Gasteiger charge is 2.21. The molecule has 0 amide bonds. The van der Waals surface area contributed by atoms with Crippen LogP contribution >= 0.6 is 31.9 Å². The molecule has 0 radical (unpaired) electrons. The highest BCUT2D eigenvalue weighted by atomic mass is 79.9. The molecule has 0 heterocycles. The molecule has 24 heavy (non-hydrogen) atoms. The summed E-state index contributed by atoms with van der Waals surface area (Å²) >= 11 is 6.45. The monoisotopic (exact) mass is 455 g/mol. The molecule has 0 aromatic heterocycles. The van der Waals surface area contributed by atoms with Crippen molar-refractivity contribution in [3.63, 3.8) is 0 Å². The average molecular weight is 457 g/mol. The molecule has 0 fully saturated rings. The zero-order valence-corrected chi connectivity index (χ0v) is 14.8. The summed E-state index contributed by atoms with van der Waals surface area (Å²) in [6, 6.07) is 7.14. The van der Waals surface area contributed by atoms with Crippen LogP contribution in [0.3, 0.4) is 0 Å². The van der Waals surface area contributed by atoms with Gasteiger partial charge in [0.25, 0.3) is 5.69 Å². The van der Waals surface area contributed by atoms with Gasteiger partial charge in [-0.2, -0.15) is 5.26 Å². The van der Waals surface area contributed by atoms with Gasteiger partial charge in [0.05, 0.1) is 25.6 Å². The zero-order valence-electron chi connectivity index (χ0n) is 11.6. The van der Waals surface area contributed by atoms with E-state index in [4.69, 9.17) is 10.5 Å². The van der Waals surface area contributed by atoms with Crippen LogP contribution in [0, 0.1) is 21.4 Å². The Kier molecular flexibility index (Phi) is 5.50. The second-order valence-corrected chi connectivity index (χ2v) is 6.05. The van der Waals surface area contributed by atoms with Crippen LogP contribution in [0.25, 0.3) is 11.1 Å². The van der Waals surface area contributed by atoms with Gasteiger partial charge in [0, 0.05) is 28.8 Å². The number of halogens is 2. The molecule has 10 heteroatoms. The van der Waals surface area contributed by atoms with Crippen molar-refractivity contribution < 1.29 is 20.3 Å². The number of non-ortho nitro benzene ring substituents is 1. The lowest BCUT2D eigenvalue weighted by atomic mass is 9.95. The standard InChI is InChI=1S/C14H7Br2N3O5/c15-11-4-8(6-18-20)12(13(16)14(11)24-23)10-2-1-9(19(21)22)3-7(10)5-17/h1-4,6,20,23H. The molecule has 0 atom stereocenters. The fourth-order valence-electron chi connectivity index (χ4n) is 2.10. The van der Waals surface area contributed by atoms with E-state index in [0.29, 0.717) is 21.2 Å². The minimum absolute atomic E-state index is 0.0299. The lowest BCUT2D eigenvalue weighted by molar-refractivity contribution is -0.384. The van der Waals surface area contributed by atoms with Crippen molar-refractivity contribution in [2.24, 2.45) is 5.16 Å². The molecule has 0 unspecified atom stereocenters. The van der Waals surface area contributed by atoms with E-state index in [1.165, 1.54) is 18.2 Å². The summed E-state index contributed by atoms with van der Waals surface area (Å²) in [6.07, 6.45) is 1.12. The Morgan fingerprint density at radius 3 is 2.62 bits per heavy atom. The van der Waals surface area contributed by atoms with Crippen LogP contribution in [0.1, 0.15) is 11.1 Å². The Hall–Kier alpha value is -2.48. The molecule has 0 aliphatic carbocycles. The summed E-state index contributed by atoms with van der Waals surface area (Å²) in [5.74, 6) is 0.0299. The molecule has 2 N–H and O–H groups in total. The van der Waals surface area contributed by atoms with Crippen LogP contribution < -0.4 is 4.89 Å². The molecule has 0 saturated heterocycles. The van der Waals surface area contributed by atoms with Crippen LogP contribution in [0.5, 0.6) is 5.75 Å². The number of benzene rings is 2. The molecule has 0 bridgehead atoms. The van der Waals surface area contributed by atoms with Crippen molar-refractivity contribution in [3.8, 4) is 22.9 Å². The summed E-state index contributed by atoms with van der Waals surface area (Å²) in [6.45, 7) is 0. The second-order valence-electron chi connectivity index (χ2n) is 4.40. The van der Waals surface area contributed by atoms with Gasteiger partial charge >= 0.3 is 0 Å². The summed E-state index contributed by atoms with van der Waals surface area (Å²) < 4.78 is 0.621. The Labute approximate surface area is 151 Å². The highest BCUT2D eigenvalue weighted by molar-refractivity contribution is 9.11. The third-order valence-corrected chi connectivity index (χ3v) is 4.44. The van der Waals surface area contributed by atoms with Gasteiger partial charge in [-0.05, 0) is 44.0 Å². The predicted octanol–water partition coefficient (Wildman–Crippen LogP) is 4.32. The molecule has 0 aliphatic heterocycles. The highest BCUT2D eigenvalue weighted by Crippen LogP contribution is 2.44. The van der Waals surface area contributed by atoms with E-state index in [1.807, 2.05) is 6.07 Å². The largest absolute Gasteiger partial charge is 0.411 e. The predicted molar refractivity (Wildman–Crippen MR) is 91.3 cm³/mol. The molecule has 0 spiro atoms.